The van der Waals surface area contributed by atoms with Gasteiger partial charge in [0.2, 0.25) is 0 Å². The number of nitrogens with zero attached hydrogens (tertiary/aromatic N) is 1. The molecule has 1 aliphatic rings. The van der Waals surface area contributed by atoms with Crippen LogP contribution in [0.15, 0.2) is 24.3 Å². The summed E-state index contributed by atoms with van der Waals surface area (Å²) in [5, 5.41) is 17.5. The summed E-state index contributed by atoms with van der Waals surface area (Å²) < 4.78 is 0. The van der Waals surface area contributed by atoms with Gasteiger partial charge in [-0.1, -0.05) is 12.1 Å². The van der Waals surface area contributed by atoms with Crippen LogP contribution >= 0.6 is 0 Å². The molecule has 4 heteroatoms. The molecule has 0 atom stereocenters. The zero-order chi connectivity index (χ0) is 11.5. The Morgan fingerprint density at radius 3 is 2.44 bits per heavy atom. The van der Waals surface area contributed by atoms with Crippen molar-refractivity contribution < 1.29 is 15.0 Å². The van der Waals surface area contributed by atoms with Gasteiger partial charge in [-0.2, -0.15) is 0 Å². The number of aliphatic hydroxyl groups is 1. The number of carboxylic acid groups (broad SMARTS) is 1. The molecule has 1 saturated heterocycles. The molecule has 0 saturated carbocycles. The Morgan fingerprint density at radius 1 is 1.31 bits per heavy atom. The largest absolute Gasteiger partial charge is 0.478 e. The molecule has 0 unspecified atom stereocenters. The van der Waals surface area contributed by atoms with E-state index in [1.165, 1.54) is 5.56 Å². The topological polar surface area (TPSA) is 60.8 Å². The second kappa shape index (κ2) is 4.63. The van der Waals surface area contributed by atoms with E-state index in [4.69, 9.17) is 10.2 Å². The highest BCUT2D eigenvalue weighted by atomic mass is 16.4. The first-order valence-corrected chi connectivity index (χ1v) is 5.37. The molecule has 2 N–H and O–H groups in total. The van der Waals surface area contributed by atoms with Gasteiger partial charge in [-0.25, -0.2) is 4.79 Å². The highest BCUT2D eigenvalue weighted by Crippen LogP contribution is 2.26. The van der Waals surface area contributed by atoms with Crippen molar-refractivity contribution in [1.82, 2.24) is 4.90 Å². The number of likely N-dealkylation sites (tertiary alicyclic amines) is 1. The second-order valence-electron chi connectivity index (χ2n) is 4.11. The Balaban J connectivity index is 1.94. The van der Waals surface area contributed by atoms with Gasteiger partial charge in [-0.3, -0.25) is 4.90 Å². The summed E-state index contributed by atoms with van der Waals surface area (Å²) in [6, 6.07) is 7.05. The zero-order valence-corrected chi connectivity index (χ0v) is 8.97. The van der Waals surface area contributed by atoms with E-state index in [0.29, 0.717) is 11.5 Å². The third kappa shape index (κ3) is 2.23. The van der Waals surface area contributed by atoms with Crippen LogP contribution in [0.3, 0.4) is 0 Å². The van der Waals surface area contributed by atoms with Crippen LogP contribution in [0.2, 0.25) is 0 Å². The van der Waals surface area contributed by atoms with Gasteiger partial charge in [0.25, 0.3) is 0 Å². The van der Waals surface area contributed by atoms with Crippen molar-refractivity contribution in [3.05, 3.63) is 35.4 Å². The van der Waals surface area contributed by atoms with Crippen molar-refractivity contribution in [2.75, 3.05) is 26.2 Å². The summed E-state index contributed by atoms with van der Waals surface area (Å²) in [5.41, 5.74) is 1.51. The summed E-state index contributed by atoms with van der Waals surface area (Å²) >= 11 is 0. The summed E-state index contributed by atoms with van der Waals surface area (Å²) in [6.07, 6.45) is 0. The number of β-amino-alcohol motifs (C(OH)–C–C–N with tert-alkyl or cyclic N) is 1. The van der Waals surface area contributed by atoms with Gasteiger partial charge in [0, 0.05) is 25.6 Å². The average molecular weight is 221 g/mol. The molecule has 0 aliphatic carbocycles. The SMILES string of the molecule is O=C(O)c1ccc(C2CN(CCO)C2)cc1. The smallest absolute Gasteiger partial charge is 0.335 e. The average Bonchev–Trinajstić information content (AvgIpc) is 2.23. The van der Waals surface area contributed by atoms with E-state index in [1.54, 1.807) is 12.1 Å². The third-order valence-corrected chi connectivity index (χ3v) is 3.00. The molecule has 2 rings (SSSR count). The predicted octanol–water partition coefficient (Wildman–Crippen LogP) is 0.776. The number of hydrogen-bond acceptors (Lipinski definition) is 3. The first-order chi connectivity index (χ1) is 7.70. The molecule has 1 fully saturated rings. The van der Waals surface area contributed by atoms with Crippen molar-refractivity contribution in [3.8, 4) is 0 Å². The van der Waals surface area contributed by atoms with Gasteiger partial charge in [-0.15, -0.1) is 0 Å². The molecule has 0 aromatic heterocycles. The van der Waals surface area contributed by atoms with Crippen molar-refractivity contribution in [2.24, 2.45) is 0 Å². The van der Waals surface area contributed by atoms with Gasteiger partial charge in [0.05, 0.1) is 12.2 Å². The molecule has 86 valence electrons. The van der Waals surface area contributed by atoms with Crippen molar-refractivity contribution >= 4 is 5.97 Å². The summed E-state index contributed by atoms with van der Waals surface area (Å²) in [4.78, 5) is 12.8. The van der Waals surface area contributed by atoms with Crippen LogP contribution in [-0.4, -0.2) is 47.3 Å². The molecule has 1 aromatic rings. The normalized spacial score (nSPS) is 17.1. The molecular weight excluding hydrogens is 206 g/mol. The van der Waals surface area contributed by atoms with E-state index >= 15 is 0 Å². The summed E-state index contributed by atoms with van der Waals surface area (Å²) in [7, 11) is 0. The Kier molecular flexibility index (Phi) is 3.22. The highest BCUT2D eigenvalue weighted by molar-refractivity contribution is 5.87. The maximum absolute atomic E-state index is 10.7. The van der Waals surface area contributed by atoms with E-state index in [2.05, 4.69) is 4.90 Å². The lowest BCUT2D eigenvalue weighted by Gasteiger charge is -2.39. The minimum Gasteiger partial charge on any atom is -0.478 e. The number of aliphatic hydroxyl groups excluding tert-OH is 1. The number of aromatic carboxylic acids is 1. The third-order valence-electron chi connectivity index (χ3n) is 3.00. The van der Waals surface area contributed by atoms with E-state index in [1.807, 2.05) is 12.1 Å². The maximum Gasteiger partial charge on any atom is 0.335 e. The van der Waals surface area contributed by atoms with Crippen LogP contribution in [0.5, 0.6) is 0 Å². The zero-order valence-electron chi connectivity index (χ0n) is 8.97. The minimum atomic E-state index is -0.887. The van der Waals surface area contributed by atoms with Crippen molar-refractivity contribution in [1.29, 1.82) is 0 Å². The fourth-order valence-electron chi connectivity index (χ4n) is 2.00. The lowest BCUT2D eigenvalue weighted by Crippen LogP contribution is -2.46. The Hall–Kier alpha value is -1.39. The van der Waals surface area contributed by atoms with E-state index in [9.17, 15) is 4.79 Å². The molecule has 1 aliphatic heterocycles. The first kappa shape index (κ1) is 11.1. The number of rotatable bonds is 4. The predicted molar refractivity (Wildman–Crippen MR) is 59.7 cm³/mol. The number of hydrogen-bond donors (Lipinski definition) is 2. The molecule has 1 aromatic carbocycles. The van der Waals surface area contributed by atoms with E-state index in [-0.39, 0.29) is 6.61 Å². The number of benzene rings is 1. The van der Waals surface area contributed by atoms with Crippen LogP contribution in [0.1, 0.15) is 21.8 Å². The monoisotopic (exact) mass is 221 g/mol. The molecule has 4 nitrogen and oxygen atoms in total. The van der Waals surface area contributed by atoms with Gasteiger partial charge in [0.1, 0.15) is 0 Å². The fourth-order valence-corrected chi connectivity index (χ4v) is 2.00. The molecular formula is C12H15NO3. The fraction of sp³-hybridized carbons (Fsp3) is 0.417. The quantitative estimate of drug-likeness (QED) is 0.788. The van der Waals surface area contributed by atoms with Gasteiger partial charge >= 0.3 is 5.97 Å². The standard InChI is InChI=1S/C12H15NO3/c14-6-5-13-7-11(8-13)9-1-3-10(4-2-9)12(15)16/h1-4,11,14H,5-8H2,(H,15,16). The van der Waals surface area contributed by atoms with Crippen LogP contribution in [0.4, 0.5) is 0 Å². The second-order valence-corrected chi connectivity index (χ2v) is 4.11. The molecule has 0 spiro atoms. The van der Waals surface area contributed by atoms with Crippen LogP contribution in [0.25, 0.3) is 0 Å². The molecule has 0 radical (unpaired) electrons. The Labute approximate surface area is 94.1 Å². The lowest BCUT2D eigenvalue weighted by atomic mass is 9.91. The van der Waals surface area contributed by atoms with Gasteiger partial charge < -0.3 is 10.2 Å². The Bertz CT molecular complexity index is 368. The van der Waals surface area contributed by atoms with Crippen molar-refractivity contribution in [2.45, 2.75) is 5.92 Å². The summed E-state index contributed by atoms with van der Waals surface area (Å²) in [6.45, 7) is 2.83. The van der Waals surface area contributed by atoms with Crippen LogP contribution < -0.4 is 0 Å². The van der Waals surface area contributed by atoms with E-state index in [0.717, 1.165) is 19.6 Å². The van der Waals surface area contributed by atoms with E-state index < -0.39 is 5.97 Å². The minimum absolute atomic E-state index is 0.199. The summed E-state index contributed by atoms with van der Waals surface area (Å²) in [5.74, 6) is -0.406. The number of carbonyl (C=O) groups is 1. The Morgan fingerprint density at radius 2 is 1.94 bits per heavy atom. The van der Waals surface area contributed by atoms with Crippen LogP contribution in [-0.2, 0) is 0 Å². The molecule has 1 heterocycles. The lowest BCUT2D eigenvalue weighted by molar-refractivity contribution is 0.0696. The van der Waals surface area contributed by atoms with Gasteiger partial charge in [-0.05, 0) is 17.7 Å². The highest BCUT2D eigenvalue weighted by Gasteiger charge is 2.27. The molecule has 0 bridgehead atoms. The number of carboxylic acids is 1. The first-order valence-electron chi connectivity index (χ1n) is 5.37. The maximum atomic E-state index is 10.7. The molecule has 0 amide bonds. The van der Waals surface area contributed by atoms with Crippen LogP contribution in [0, 0.1) is 0 Å². The van der Waals surface area contributed by atoms with Gasteiger partial charge in [0.15, 0.2) is 0 Å². The molecule has 16 heavy (non-hydrogen) atoms. The van der Waals surface area contributed by atoms with Crippen molar-refractivity contribution in [3.63, 3.8) is 0 Å².